The molecule has 6 heteroatoms. The van der Waals surface area contributed by atoms with Gasteiger partial charge in [-0.15, -0.1) is 0 Å². The zero-order chi connectivity index (χ0) is 18.9. The van der Waals surface area contributed by atoms with Crippen LogP contribution in [0.2, 0.25) is 0 Å². The number of unbranched alkanes of at least 4 members (excludes halogenated alkanes) is 1. The Labute approximate surface area is 153 Å². The second-order valence-electron chi connectivity index (χ2n) is 5.71. The van der Waals surface area contributed by atoms with Crippen LogP contribution in [0.5, 0.6) is 11.5 Å². The van der Waals surface area contributed by atoms with E-state index in [2.05, 4.69) is 17.6 Å². The monoisotopic (exact) mass is 356 g/mol. The highest BCUT2D eigenvalue weighted by atomic mass is 16.5. The molecule has 0 fully saturated rings. The minimum atomic E-state index is -0.305. The van der Waals surface area contributed by atoms with Crippen LogP contribution < -0.4 is 20.1 Å². The highest BCUT2D eigenvalue weighted by Crippen LogP contribution is 2.29. The Morgan fingerprint density at radius 3 is 2.27 bits per heavy atom. The molecule has 0 heterocycles. The quantitative estimate of drug-likeness (QED) is 0.710. The summed E-state index contributed by atoms with van der Waals surface area (Å²) < 4.78 is 10.4. The number of hydrogen-bond donors (Lipinski definition) is 2. The van der Waals surface area contributed by atoms with Gasteiger partial charge in [0.1, 0.15) is 0 Å². The zero-order valence-corrected chi connectivity index (χ0v) is 15.3. The minimum absolute atomic E-state index is 0.181. The maximum absolute atomic E-state index is 12.5. The molecular weight excluding hydrogens is 332 g/mol. The summed E-state index contributed by atoms with van der Waals surface area (Å²) in [7, 11) is 3.08. The molecule has 0 aliphatic heterocycles. The number of anilines is 1. The molecule has 2 amide bonds. The molecule has 2 rings (SSSR count). The van der Waals surface area contributed by atoms with E-state index >= 15 is 0 Å². The first-order valence-corrected chi connectivity index (χ1v) is 8.50. The highest BCUT2D eigenvalue weighted by molar-refractivity contribution is 6.06. The van der Waals surface area contributed by atoms with Gasteiger partial charge in [-0.1, -0.05) is 19.4 Å². The lowest BCUT2D eigenvalue weighted by molar-refractivity contribution is 0.0953. The molecule has 0 aliphatic carbocycles. The van der Waals surface area contributed by atoms with Gasteiger partial charge in [0, 0.05) is 29.4 Å². The van der Waals surface area contributed by atoms with Crippen molar-refractivity contribution in [2.75, 3.05) is 26.1 Å². The van der Waals surface area contributed by atoms with Gasteiger partial charge in [0.05, 0.1) is 14.2 Å². The van der Waals surface area contributed by atoms with Gasteiger partial charge in [-0.2, -0.15) is 0 Å². The lowest BCUT2D eigenvalue weighted by Gasteiger charge is -2.11. The molecule has 138 valence electrons. The molecule has 0 saturated carbocycles. The topological polar surface area (TPSA) is 76.7 Å². The summed E-state index contributed by atoms with van der Waals surface area (Å²) in [4.78, 5) is 24.6. The lowest BCUT2D eigenvalue weighted by Crippen LogP contribution is -2.24. The third-order valence-corrected chi connectivity index (χ3v) is 3.84. The van der Waals surface area contributed by atoms with Gasteiger partial charge in [-0.05, 0) is 36.8 Å². The molecule has 0 atom stereocenters. The van der Waals surface area contributed by atoms with Gasteiger partial charge in [-0.25, -0.2) is 0 Å². The van der Waals surface area contributed by atoms with Crippen LogP contribution in [0.25, 0.3) is 0 Å². The first-order valence-electron chi connectivity index (χ1n) is 8.50. The number of methoxy groups -OCH3 is 2. The normalized spacial score (nSPS) is 10.1. The number of carbonyl (C=O) groups is 2. The molecular formula is C20H24N2O4. The third-order valence-electron chi connectivity index (χ3n) is 3.84. The Bertz CT molecular complexity index is 774. The fraction of sp³-hybridized carbons (Fsp3) is 0.300. The molecule has 0 bridgehead atoms. The van der Waals surface area contributed by atoms with Crippen molar-refractivity contribution in [3.05, 3.63) is 53.6 Å². The van der Waals surface area contributed by atoms with Gasteiger partial charge in [0.25, 0.3) is 11.8 Å². The van der Waals surface area contributed by atoms with Crippen molar-refractivity contribution in [3.8, 4) is 11.5 Å². The van der Waals surface area contributed by atoms with Crippen molar-refractivity contribution in [1.82, 2.24) is 5.32 Å². The molecule has 0 saturated heterocycles. The highest BCUT2D eigenvalue weighted by Gasteiger charge is 2.12. The van der Waals surface area contributed by atoms with Gasteiger partial charge in [0.15, 0.2) is 11.5 Å². The number of ether oxygens (including phenoxy) is 2. The van der Waals surface area contributed by atoms with E-state index in [1.165, 1.54) is 7.11 Å². The van der Waals surface area contributed by atoms with E-state index < -0.39 is 0 Å². The van der Waals surface area contributed by atoms with Crippen LogP contribution >= 0.6 is 0 Å². The first-order chi connectivity index (χ1) is 12.6. The maximum atomic E-state index is 12.5. The number of benzene rings is 2. The van der Waals surface area contributed by atoms with Crippen LogP contribution in [-0.2, 0) is 0 Å². The van der Waals surface area contributed by atoms with Gasteiger partial charge < -0.3 is 20.1 Å². The van der Waals surface area contributed by atoms with Crippen LogP contribution in [-0.4, -0.2) is 32.6 Å². The van der Waals surface area contributed by atoms with Crippen LogP contribution in [0.15, 0.2) is 42.5 Å². The minimum Gasteiger partial charge on any atom is -0.493 e. The largest absolute Gasteiger partial charge is 0.493 e. The summed E-state index contributed by atoms with van der Waals surface area (Å²) in [5.74, 6) is 0.616. The van der Waals surface area contributed by atoms with Crippen molar-refractivity contribution >= 4 is 17.5 Å². The van der Waals surface area contributed by atoms with Crippen molar-refractivity contribution in [2.24, 2.45) is 0 Å². The van der Waals surface area contributed by atoms with E-state index in [1.54, 1.807) is 49.6 Å². The Kier molecular flexibility index (Phi) is 7.02. The van der Waals surface area contributed by atoms with E-state index in [9.17, 15) is 9.59 Å². The predicted molar refractivity (Wildman–Crippen MR) is 101 cm³/mol. The SMILES string of the molecule is CCCCNC(=O)c1cccc(C(=O)Nc2ccc(OC)c(OC)c2)c1. The number of nitrogens with one attached hydrogen (secondary N) is 2. The molecule has 2 aromatic rings. The summed E-state index contributed by atoms with van der Waals surface area (Å²) in [6, 6.07) is 11.7. The summed E-state index contributed by atoms with van der Waals surface area (Å²) >= 11 is 0. The third kappa shape index (κ3) is 4.99. The lowest BCUT2D eigenvalue weighted by atomic mass is 10.1. The number of carbonyl (C=O) groups excluding carboxylic acids is 2. The average Bonchev–Trinajstić information content (AvgIpc) is 2.68. The molecule has 0 radical (unpaired) electrons. The van der Waals surface area contributed by atoms with Crippen LogP contribution in [0.3, 0.4) is 0 Å². The molecule has 0 spiro atoms. The van der Waals surface area contributed by atoms with E-state index in [1.807, 2.05) is 0 Å². The number of hydrogen-bond acceptors (Lipinski definition) is 4. The Balaban J connectivity index is 2.10. The Hall–Kier alpha value is -3.02. The van der Waals surface area contributed by atoms with Crippen molar-refractivity contribution in [3.63, 3.8) is 0 Å². The van der Waals surface area contributed by atoms with Crippen LogP contribution in [0.1, 0.15) is 40.5 Å². The van der Waals surface area contributed by atoms with Gasteiger partial charge in [-0.3, -0.25) is 9.59 Å². The van der Waals surface area contributed by atoms with E-state index in [0.717, 1.165) is 12.8 Å². The second-order valence-corrected chi connectivity index (χ2v) is 5.71. The van der Waals surface area contributed by atoms with E-state index in [4.69, 9.17) is 9.47 Å². The standard InChI is InChI=1S/C20H24N2O4/c1-4-5-11-21-19(23)14-7-6-8-15(12-14)20(24)22-16-9-10-17(25-2)18(13-16)26-3/h6-10,12-13H,4-5,11H2,1-3H3,(H,21,23)(H,22,24). The van der Waals surface area contributed by atoms with Crippen LogP contribution in [0.4, 0.5) is 5.69 Å². The second kappa shape index (κ2) is 9.46. The predicted octanol–water partition coefficient (Wildman–Crippen LogP) is 3.49. The number of rotatable bonds is 8. The molecule has 0 aromatic heterocycles. The first kappa shape index (κ1) is 19.3. The summed E-state index contributed by atoms with van der Waals surface area (Å²) in [5, 5.41) is 5.64. The maximum Gasteiger partial charge on any atom is 0.255 e. The summed E-state index contributed by atoms with van der Waals surface area (Å²) in [6.45, 7) is 2.68. The summed E-state index contributed by atoms with van der Waals surface area (Å²) in [6.07, 6.45) is 1.93. The zero-order valence-electron chi connectivity index (χ0n) is 15.3. The average molecular weight is 356 g/mol. The van der Waals surface area contributed by atoms with Gasteiger partial charge >= 0.3 is 0 Å². The molecule has 0 unspecified atom stereocenters. The molecule has 6 nitrogen and oxygen atoms in total. The van der Waals surface area contributed by atoms with Crippen LogP contribution in [0, 0.1) is 0 Å². The van der Waals surface area contributed by atoms with Crippen molar-refractivity contribution < 1.29 is 19.1 Å². The van der Waals surface area contributed by atoms with E-state index in [-0.39, 0.29) is 11.8 Å². The van der Waals surface area contributed by atoms with Crippen molar-refractivity contribution in [1.29, 1.82) is 0 Å². The fourth-order valence-electron chi connectivity index (χ4n) is 2.40. The smallest absolute Gasteiger partial charge is 0.255 e. The molecule has 0 aliphatic rings. The fourth-order valence-corrected chi connectivity index (χ4v) is 2.40. The molecule has 2 aromatic carbocycles. The Morgan fingerprint density at radius 1 is 0.923 bits per heavy atom. The molecule has 2 N–H and O–H groups in total. The Morgan fingerprint density at radius 2 is 1.62 bits per heavy atom. The summed E-state index contributed by atoms with van der Waals surface area (Å²) in [5.41, 5.74) is 1.44. The number of amides is 2. The molecule has 26 heavy (non-hydrogen) atoms. The van der Waals surface area contributed by atoms with Crippen molar-refractivity contribution in [2.45, 2.75) is 19.8 Å². The van der Waals surface area contributed by atoms with E-state index in [0.29, 0.717) is 34.9 Å². The van der Waals surface area contributed by atoms with Gasteiger partial charge in [0.2, 0.25) is 0 Å².